The van der Waals surface area contributed by atoms with Gasteiger partial charge in [-0.15, -0.1) is 0 Å². The molecule has 1 aliphatic heterocycles. The topological polar surface area (TPSA) is 106 Å². The molecule has 1 saturated heterocycles. The Morgan fingerprint density at radius 3 is 2.26 bits per heavy atom. The molecule has 9 nitrogen and oxygen atoms in total. The molecule has 9 heteroatoms. The van der Waals surface area contributed by atoms with Gasteiger partial charge in [-0.05, 0) is 42.7 Å². The second-order valence-corrected chi connectivity index (χ2v) is 8.64. The summed E-state index contributed by atoms with van der Waals surface area (Å²) in [6.07, 6.45) is -1.79. The molecule has 188 valence electrons. The Kier molecular flexibility index (Phi) is 9.48. The Bertz CT molecular complexity index is 974. The van der Waals surface area contributed by atoms with Crippen LogP contribution in [0.1, 0.15) is 26.3 Å². The first-order valence-corrected chi connectivity index (χ1v) is 11.7. The largest absolute Gasteiger partial charge is 0.451 e. The number of nitrogens with zero attached hydrogens (tertiary/aromatic N) is 1. The summed E-state index contributed by atoms with van der Waals surface area (Å²) in [5.41, 5.74) is 2.48. The molecule has 0 bridgehead atoms. The van der Waals surface area contributed by atoms with Gasteiger partial charge in [-0.25, -0.2) is 9.59 Å². The van der Waals surface area contributed by atoms with Crippen molar-refractivity contribution in [2.45, 2.75) is 39.5 Å². The number of esters is 1. The van der Waals surface area contributed by atoms with Crippen molar-refractivity contribution in [3.8, 4) is 0 Å². The molecule has 1 aliphatic rings. The molecular formula is C26H33N3O6. The lowest BCUT2D eigenvalue weighted by Crippen LogP contribution is -2.47. The number of hydrogen-bond donors (Lipinski definition) is 2. The number of carbonyl (C=O) groups is 3. The lowest BCUT2D eigenvalue weighted by molar-refractivity contribution is -0.156. The first-order chi connectivity index (χ1) is 16.8. The Hall–Kier alpha value is -3.59. The highest BCUT2D eigenvalue weighted by molar-refractivity contribution is 5.95. The van der Waals surface area contributed by atoms with Gasteiger partial charge in [0.2, 0.25) is 0 Å². The molecule has 1 fully saturated rings. The third-order valence-electron chi connectivity index (χ3n) is 5.58. The van der Waals surface area contributed by atoms with Gasteiger partial charge in [0, 0.05) is 24.5 Å². The Morgan fingerprint density at radius 1 is 0.971 bits per heavy atom. The molecule has 2 atom stereocenters. The lowest BCUT2D eigenvalue weighted by Gasteiger charge is -2.29. The van der Waals surface area contributed by atoms with E-state index in [4.69, 9.17) is 14.2 Å². The van der Waals surface area contributed by atoms with Crippen molar-refractivity contribution < 1.29 is 28.6 Å². The molecule has 0 radical (unpaired) electrons. The van der Waals surface area contributed by atoms with E-state index in [-0.39, 0.29) is 12.5 Å². The molecule has 1 heterocycles. The number of rotatable bonds is 9. The van der Waals surface area contributed by atoms with E-state index in [9.17, 15) is 14.4 Å². The van der Waals surface area contributed by atoms with Gasteiger partial charge in [-0.3, -0.25) is 4.79 Å². The second kappa shape index (κ2) is 12.8. The number of carbonyl (C=O) groups excluding carboxylic acids is 3. The summed E-state index contributed by atoms with van der Waals surface area (Å²) in [7, 11) is 0. The van der Waals surface area contributed by atoms with E-state index >= 15 is 0 Å². The highest BCUT2D eigenvalue weighted by Crippen LogP contribution is 2.19. The monoisotopic (exact) mass is 483 g/mol. The van der Waals surface area contributed by atoms with Gasteiger partial charge >= 0.3 is 12.1 Å². The van der Waals surface area contributed by atoms with Crippen LogP contribution in [0.15, 0.2) is 54.6 Å². The maximum atomic E-state index is 12.7. The van der Waals surface area contributed by atoms with Gasteiger partial charge in [0.25, 0.3) is 5.91 Å². The predicted octanol–water partition coefficient (Wildman–Crippen LogP) is 3.34. The minimum Gasteiger partial charge on any atom is -0.451 e. The number of anilines is 2. The zero-order valence-corrected chi connectivity index (χ0v) is 20.4. The number of nitrogens with one attached hydrogen (secondary N) is 2. The van der Waals surface area contributed by atoms with E-state index in [0.29, 0.717) is 18.9 Å². The molecule has 0 aliphatic carbocycles. The lowest BCUT2D eigenvalue weighted by atomic mass is 10.1. The van der Waals surface area contributed by atoms with Gasteiger partial charge in [0.05, 0.1) is 13.2 Å². The Morgan fingerprint density at radius 2 is 1.63 bits per heavy atom. The van der Waals surface area contributed by atoms with Gasteiger partial charge in [0.15, 0.2) is 6.10 Å². The number of alkyl carbamates (subject to hydrolysis) is 1. The summed E-state index contributed by atoms with van der Waals surface area (Å²) >= 11 is 0. The smallest absolute Gasteiger partial charge is 0.408 e. The molecule has 2 aromatic carbocycles. The fourth-order valence-corrected chi connectivity index (χ4v) is 3.51. The molecule has 0 spiro atoms. The fourth-order valence-electron chi connectivity index (χ4n) is 3.51. The van der Waals surface area contributed by atoms with Crippen LogP contribution in [0, 0.1) is 5.92 Å². The van der Waals surface area contributed by atoms with E-state index in [1.165, 1.54) is 6.92 Å². The molecular weight excluding hydrogens is 450 g/mol. The van der Waals surface area contributed by atoms with E-state index in [2.05, 4.69) is 15.5 Å². The summed E-state index contributed by atoms with van der Waals surface area (Å²) in [6, 6.07) is 15.7. The van der Waals surface area contributed by atoms with Crippen LogP contribution >= 0.6 is 0 Å². The van der Waals surface area contributed by atoms with Crippen LogP contribution < -0.4 is 15.5 Å². The van der Waals surface area contributed by atoms with Crippen LogP contribution in [0.3, 0.4) is 0 Å². The van der Waals surface area contributed by atoms with Gasteiger partial charge in [-0.2, -0.15) is 0 Å². The van der Waals surface area contributed by atoms with Gasteiger partial charge < -0.3 is 29.7 Å². The summed E-state index contributed by atoms with van der Waals surface area (Å²) in [4.78, 5) is 39.7. The van der Waals surface area contributed by atoms with E-state index < -0.39 is 30.1 Å². The molecule has 2 aromatic rings. The third-order valence-corrected chi connectivity index (χ3v) is 5.58. The average Bonchev–Trinajstić information content (AvgIpc) is 2.87. The number of amides is 2. The van der Waals surface area contributed by atoms with E-state index in [1.807, 2.05) is 42.5 Å². The van der Waals surface area contributed by atoms with Crippen molar-refractivity contribution in [3.63, 3.8) is 0 Å². The Labute approximate surface area is 205 Å². The maximum Gasteiger partial charge on any atom is 0.408 e. The summed E-state index contributed by atoms with van der Waals surface area (Å²) < 4.78 is 15.9. The Balaban J connectivity index is 1.48. The van der Waals surface area contributed by atoms with Gasteiger partial charge in [-0.1, -0.05) is 44.2 Å². The summed E-state index contributed by atoms with van der Waals surface area (Å²) in [5.74, 6) is -1.44. The number of hydrogen-bond acceptors (Lipinski definition) is 7. The van der Waals surface area contributed by atoms with Crippen LogP contribution in [0.4, 0.5) is 16.2 Å². The fraction of sp³-hybridized carbons (Fsp3) is 0.423. The highest BCUT2D eigenvalue weighted by atomic mass is 16.6. The average molecular weight is 484 g/mol. The minimum absolute atomic E-state index is 0.0790. The number of morpholine rings is 1. The van der Waals surface area contributed by atoms with Crippen molar-refractivity contribution in [1.29, 1.82) is 0 Å². The molecule has 3 rings (SSSR count). The zero-order valence-electron chi connectivity index (χ0n) is 20.4. The van der Waals surface area contributed by atoms with E-state index in [1.54, 1.807) is 26.0 Å². The summed E-state index contributed by atoms with van der Waals surface area (Å²) in [5, 5.41) is 5.29. The van der Waals surface area contributed by atoms with Crippen molar-refractivity contribution in [3.05, 3.63) is 60.2 Å². The normalized spacial score (nSPS) is 15.1. The molecule has 35 heavy (non-hydrogen) atoms. The van der Waals surface area contributed by atoms with Crippen LogP contribution in [0.25, 0.3) is 0 Å². The molecule has 0 aromatic heterocycles. The first kappa shape index (κ1) is 26.0. The van der Waals surface area contributed by atoms with Crippen molar-refractivity contribution in [2.75, 3.05) is 36.5 Å². The highest BCUT2D eigenvalue weighted by Gasteiger charge is 2.29. The molecule has 0 unspecified atom stereocenters. The zero-order chi connectivity index (χ0) is 25.2. The van der Waals surface area contributed by atoms with Crippen molar-refractivity contribution in [2.24, 2.45) is 5.92 Å². The first-order valence-electron chi connectivity index (χ1n) is 11.7. The molecule has 2 amide bonds. The van der Waals surface area contributed by atoms with Crippen molar-refractivity contribution in [1.82, 2.24) is 5.32 Å². The molecule has 2 N–H and O–H groups in total. The quantitative estimate of drug-likeness (QED) is 0.527. The minimum atomic E-state index is -1.05. The van der Waals surface area contributed by atoms with Crippen LogP contribution in [-0.2, 0) is 30.4 Å². The maximum absolute atomic E-state index is 12.7. The van der Waals surface area contributed by atoms with E-state index in [0.717, 1.165) is 24.3 Å². The second-order valence-electron chi connectivity index (χ2n) is 8.64. The summed E-state index contributed by atoms with van der Waals surface area (Å²) in [6.45, 7) is 8.13. The third kappa shape index (κ3) is 7.99. The SMILES string of the molecule is CC(C)[C@@H](NC(=O)OCc1ccccc1)C(=O)O[C@H](C)C(=O)Nc1ccc(N2CCOCC2)cc1. The van der Waals surface area contributed by atoms with Crippen LogP contribution in [0.5, 0.6) is 0 Å². The number of benzene rings is 2. The predicted molar refractivity (Wildman–Crippen MR) is 132 cm³/mol. The van der Waals surface area contributed by atoms with Crippen LogP contribution in [0.2, 0.25) is 0 Å². The van der Waals surface area contributed by atoms with Crippen molar-refractivity contribution >= 4 is 29.3 Å². The van der Waals surface area contributed by atoms with Crippen LogP contribution in [-0.4, -0.2) is 56.4 Å². The van der Waals surface area contributed by atoms with Gasteiger partial charge in [0.1, 0.15) is 12.6 Å². The number of ether oxygens (including phenoxy) is 3. The standard InChI is InChI=1S/C26H33N3O6/c1-18(2)23(28-26(32)34-17-20-7-5-4-6-8-20)25(31)35-19(3)24(30)27-21-9-11-22(12-10-21)29-13-15-33-16-14-29/h4-12,18-19,23H,13-17H2,1-3H3,(H,27,30)(H,28,32)/t19-,23-/m1/s1. The molecule has 0 saturated carbocycles.